The molecule has 178 valence electrons. The van der Waals surface area contributed by atoms with E-state index in [2.05, 4.69) is 30.4 Å². The molecule has 4 aromatic heterocycles. The molecular weight excluding hydrogens is 460 g/mol. The molecule has 5 heterocycles. The summed E-state index contributed by atoms with van der Waals surface area (Å²) in [5.74, 6) is -5.22. The van der Waals surface area contributed by atoms with Gasteiger partial charge in [-0.15, -0.1) is 0 Å². The second-order valence-electron chi connectivity index (χ2n) is 8.14. The van der Waals surface area contributed by atoms with Crippen molar-refractivity contribution in [3.05, 3.63) is 66.3 Å². The van der Waals surface area contributed by atoms with Crippen molar-refractivity contribution in [3.63, 3.8) is 0 Å². The zero-order valence-corrected chi connectivity index (χ0v) is 18.6. The van der Waals surface area contributed by atoms with Gasteiger partial charge in [0, 0.05) is 36.9 Å². The van der Waals surface area contributed by atoms with Crippen molar-refractivity contribution in [1.29, 1.82) is 0 Å². The fraction of sp³-hybridized carbons (Fsp3) is 0.217. The van der Waals surface area contributed by atoms with Gasteiger partial charge in [0.15, 0.2) is 5.76 Å². The first-order valence-corrected chi connectivity index (χ1v) is 10.5. The first-order valence-electron chi connectivity index (χ1n) is 10.5. The number of amides is 1. The first-order chi connectivity index (χ1) is 16.7. The molecular formula is C23H19F2N7O3. The lowest BCUT2D eigenvalue weighted by atomic mass is 9.95. The Hall–Kier alpha value is -4.32. The van der Waals surface area contributed by atoms with Gasteiger partial charge in [0.25, 0.3) is 11.5 Å². The van der Waals surface area contributed by atoms with E-state index >= 15 is 0 Å². The summed E-state index contributed by atoms with van der Waals surface area (Å²) >= 11 is 0. The number of likely N-dealkylation sites (tertiary alicyclic amines) is 1. The van der Waals surface area contributed by atoms with E-state index in [-0.39, 0.29) is 11.4 Å². The third kappa shape index (κ3) is 3.87. The highest BCUT2D eigenvalue weighted by Crippen LogP contribution is 2.45. The van der Waals surface area contributed by atoms with Gasteiger partial charge in [0.2, 0.25) is 5.95 Å². The minimum atomic E-state index is -3.75. The number of aromatic nitrogens is 5. The summed E-state index contributed by atoms with van der Waals surface area (Å²) in [6.45, 7) is 0.934. The lowest BCUT2D eigenvalue weighted by Gasteiger charge is -2.22. The normalized spacial score (nSPS) is 19.2. The molecule has 10 nitrogen and oxygen atoms in total. The monoisotopic (exact) mass is 479 g/mol. The minimum absolute atomic E-state index is 0.0769. The highest BCUT2D eigenvalue weighted by atomic mass is 19.3. The quantitative estimate of drug-likeness (QED) is 0.444. The number of nitrogens with one attached hydrogen (secondary N) is 1. The third-order valence-corrected chi connectivity index (χ3v) is 5.57. The van der Waals surface area contributed by atoms with Crippen LogP contribution in [0, 0.1) is 6.92 Å². The van der Waals surface area contributed by atoms with Crippen molar-refractivity contribution in [3.8, 4) is 22.8 Å². The zero-order chi connectivity index (χ0) is 24.8. The van der Waals surface area contributed by atoms with Crippen LogP contribution in [-0.2, 0) is 10.4 Å². The molecule has 1 aliphatic heterocycles. The molecule has 0 aromatic carbocycles. The Morgan fingerprint density at radius 3 is 2.46 bits per heavy atom. The van der Waals surface area contributed by atoms with E-state index in [1.807, 2.05) is 13.0 Å². The standard InChI is InChI=1S/C23H19F2N7O3/c1-13-10-14(6-8-26-13)28-21-27-9-7-17(30-21)15-4-3-5-16(29-15)18-11-19(35-31-18)23(34)20(33)32(2)12-22(23,24)25/h3-11,34H,12H2,1-2H3,(H,26,27,28,30)/t23-/m1/s1. The smallest absolute Gasteiger partial charge is 0.309 e. The Labute approximate surface area is 197 Å². The number of anilines is 2. The fourth-order valence-electron chi connectivity index (χ4n) is 3.80. The SMILES string of the molecule is Cc1cc(Nc2nccc(-c3cccc(-c4cc([C@@]5(O)C(=O)N(C)CC5(F)F)on4)n3)n2)ccn1. The van der Waals surface area contributed by atoms with E-state index in [0.717, 1.165) is 22.3 Å². The molecule has 35 heavy (non-hydrogen) atoms. The van der Waals surface area contributed by atoms with Gasteiger partial charge < -0.3 is 19.8 Å². The maximum atomic E-state index is 14.5. The molecule has 1 atom stereocenters. The largest absolute Gasteiger partial charge is 0.368 e. The van der Waals surface area contributed by atoms with Crippen molar-refractivity contribution in [1.82, 2.24) is 30.0 Å². The van der Waals surface area contributed by atoms with Crippen LogP contribution in [0.4, 0.5) is 20.4 Å². The number of alkyl halides is 2. The lowest BCUT2D eigenvalue weighted by Crippen LogP contribution is -2.46. The Morgan fingerprint density at radius 2 is 1.74 bits per heavy atom. The van der Waals surface area contributed by atoms with E-state index in [4.69, 9.17) is 4.52 Å². The molecule has 0 saturated carbocycles. The molecule has 0 spiro atoms. The minimum Gasteiger partial charge on any atom is -0.368 e. The second kappa shape index (κ2) is 8.17. The molecule has 4 aromatic rings. The molecule has 2 N–H and O–H groups in total. The van der Waals surface area contributed by atoms with Crippen LogP contribution in [0.15, 0.2) is 59.4 Å². The first kappa shape index (κ1) is 22.5. The summed E-state index contributed by atoms with van der Waals surface area (Å²) in [6.07, 6.45) is 3.24. The van der Waals surface area contributed by atoms with Crippen LogP contribution >= 0.6 is 0 Å². The van der Waals surface area contributed by atoms with E-state index in [9.17, 15) is 18.7 Å². The summed E-state index contributed by atoms with van der Waals surface area (Å²) in [6, 6.07) is 11.4. The lowest BCUT2D eigenvalue weighted by molar-refractivity contribution is -0.179. The van der Waals surface area contributed by atoms with Crippen LogP contribution in [0.3, 0.4) is 0 Å². The molecule has 0 bridgehead atoms. The number of hydrogen-bond acceptors (Lipinski definition) is 9. The van der Waals surface area contributed by atoms with Gasteiger partial charge in [0.1, 0.15) is 5.69 Å². The summed E-state index contributed by atoms with van der Waals surface area (Å²) in [7, 11) is 1.18. The number of hydrogen-bond donors (Lipinski definition) is 2. The summed E-state index contributed by atoms with van der Waals surface area (Å²) < 4.78 is 33.9. The molecule has 1 fully saturated rings. The van der Waals surface area contributed by atoms with Crippen molar-refractivity contribution >= 4 is 17.5 Å². The van der Waals surface area contributed by atoms with Gasteiger partial charge in [-0.25, -0.2) is 23.7 Å². The van der Waals surface area contributed by atoms with Crippen LogP contribution in [0.2, 0.25) is 0 Å². The van der Waals surface area contributed by atoms with E-state index in [0.29, 0.717) is 17.3 Å². The summed E-state index contributed by atoms with van der Waals surface area (Å²) in [5, 5.41) is 17.4. The van der Waals surface area contributed by atoms with E-state index in [1.165, 1.54) is 7.05 Å². The van der Waals surface area contributed by atoms with E-state index < -0.39 is 29.7 Å². The summed E-state index contributed by atoms with van der Waals surface area (Å²) in [5.41, 5.74) is -0.215. The Morgan fingerprint density at radius 1 is 1.03 bits per heavy atom. The Kier molecular flexibility index (Phi) is 5.24. The number of pyridine rings is 2. The van der Waals surface area contributed by atoms with Crippen molar-refractivity contribution in [2.24, 2.45) is 0 Å². The number of rotatable bonds is 5. The number of halogens is 2. The molecule has 0 aliphatic carbocycles. The number of carbonyl (C=O) groups is 1. The number of carbonyl (C=O) groups excluding carboxylic acids is 1. The highest BCUT2D eigenvalue weighted by molar-refractivity contribution is 5.89. The molecule has 5 rings (SSSR count). The van der Waals surface area contributed by atoms with E-state index in [1.54, 1.807) is 42.7 Å². The molecule has 1 saturated heterocycles. The number of likely N-dealkylation sites (N-methyl/N-ethyl adjacent to an activating group) is 1. The van der Waals surface area contributed by atoms with Gasteiger partial charge in [-0.3, -0.25) is 9.78 Å². The maximum absolute atomic E-state index is 14.5. The van der Waals surface area contributed by atoms with Gasteiger partial charge in [-0.1, -0.05) is 11.2 Å². The second-order valence-corrected chi connectivity index (χ2v) is 8.14. The predicted octanol–water partition coefficient (Wildman–Crippen LogP) is 2.94. The van der Waals surface area contributed by atoms with Crippen LogP contribution in [-0.4, -0.2) is 60.5 Å². The van der Waals surface area contributed by atoms with Crippen LogP contribution in [0.5, 0.6) is 0 Å². The third-order valence-electron chi connectivity index (χ3n) is 5.57. The molecule has 1 amide bonds. The number of aliphatic hydroxyl groups is 1. The molecule has 0 unspecified atom stereocenters. The van der Waals surface area contributed by atoms with Crippen molar-refractivity contribution in [2.45, 2.75) is 18.4 Å². The van der Waals surface area contributed by atoms with Crippen LogP contribution in [0.25, 0.3) is 22.8 Å². The van der Waals surface area contributed by atoms with Gasteiger partial charge >= 0.3 is 5.92 Å². The Bertz CT molecular complexity index is 1430. The fourth-order valence-corrected chi connectivity index (χ4v) is 3.80. The zero-order valence-electron chi connectivity index (χ0n) is 18.6. The number of aryl methyl sites for hydroxylation is 1. The molecule has 0 radical (unpaired) electrons. The highest BCUT2D eigenvalue weighted by Gasteiger charge is 2.68. The predicted molar refractivity (Wildman–Crippen MR) is 119 cm³/mol. The molecule has 12 heteroatoms. The molecule has 1 aliphatic rings. The summed E-state index contributed by atoms with van der Waals surface area (Å²) in [4.78, 5) is 30.4. The van der Waals surface area contributed by atoms with Gasteiger partial charge in [0.05, 0.1) is 23.6 Å². The topological polar surface area (TPSA) is 130 Å². The van der Waals surface area contributed by atoms with Crippen molar-refractivity contribution < 1.29 is 23.2 Å². The average Bonchev–Trinajstić information content (AvgIpc) is 3.39. The van der Waals surface area contributed by atoms with Gasteiger partial charge in [-0.2, -0.15) is 0 Å². The van der Waals surface area contributed by atoms with Crippen LogP contribution < -0.4 is 5.32 Å². The van der Waals surface area contributed by atoms with Crippen LogP contribution in [0.1, 0.15) is 11.5 Å². The maximum Gasteiger partial charge on any atom is 0.309 e. The number of nitrogens with zero attached hydrogens (tertiary/aromatic N) is 6. The Balaban J connectivity index is 1.44. The van der Waals surface area contributed by atoms with Crippen molar-refractivity contribution in [2.75, 3.05) is 18.9 Å². The average molecular weight is 479 g/mol. The van der Waals surface area contributed by atoms with Gasteiger partial charge in [-0.05, 0) is 37.3 Å².